The Bertz CT molecular complexity index is 37.4. The van der Waals surface area contributed by atoms with E-state index in [1.807, 2.05) is 0 Å². The molecule has 0 saturated carbocycles. The van der Waals surface area contributed by atoms with Crippen LogP contribution in [0.3, 0.4) is 0 Å². The van der Waals surface area contributed by atoms with Crippen molar-refractivity contribution in [3.05, 3.63) is 9.93 Å². The average Bonchev–Trinajstić information content (AvgIpc) is 1.46. The van der Waals surface area contributed by atoms with Crippen LogP contribution in [0.2, 0.25) is 0 Å². The van der Waals surface area contributed by atoms with E-state index in [4.69, 9.17) is 15.2 Å². The summed E-state index contributed by atoms with van der Waals surface area (Å²) >= 11 is 0. The monoisotopic (exact) mass is 73.0 g/mol. The Labute approximate surface area is 29.4 Å². The fraction of sp³-hybridized carbons (Fsp3) is 0.500. The first-order chi connectivity index (χ1) is 2.41. The van der Waals surface area contributed by atoms with Crippen LogP contribution in [0.25, 0.3) is 0 Å². The second-order valence-corrected chi connectivity index (χ2v) is 0.224. The fourth-order valence-electron chi connectivity index (χ4n) is 0. The van der Waals surface area contributed by atoms with Crippen LogP contribution in [0.1, 0.15) is 6.92 Å². The maximum atomic E-state index is 7.32. The SMILES string of the molecule is CC#N.O=O. The molecule has 3 nitrogen and oxygen atoms in total. The van der Waals surface area contributed by atoms with Gasteiger partial charge in [0.1, 0.15) is 0 Å². The van der Waals surface area contributed by atoms with Crippen molar-refractivity contribution in [2.45, 2.75) is 6.92 Å². The lowest BCUT2D eigenvalue weighted by molar-refractivity contribution is 1.49. The Morgan fingerprint density at radius 2 is 1.60 bits per heavy atom. The van der Waals surface area contributed by atoms with E-state index in [0.717, 1.165) is 0 Å². The number of nitrogens with zero attached hydrogens (tertiary/aromatic N) is 1. The van der Waals surface area contributed by atoms with E-state index < -0.39 is 0 Å². The molecule has 0 heterocycles. The van der Waals surface area contributed by atoms with Gasteiger partial charge in [0.2, 0.25) is 0 Å². The summed E-state index contributed by atoms with van der Waals surface area (Å²) in [4.78, 5) is 14.0. The second kappa shape index (κ2) is 1670. The minimum Gasteiger partial charge on any atom is -0.199 e. The maximum Gasteiger partial charge on any atom is 0.0587 e. The number of nitriles is 1. The Morgan fingerprint density at radius 3 is 1.60 bits per heavy atom. The molecule has 0 bridgehead atoms. The normalized spacial score (nSPS) is 2.40. The van der Waals surface area contributed by atoms with Gasteiger partial charge >= 0.3 is 0 Å². The molecule has 0 amide bonds. The third kappa shape index (κ3) is 4.43. The molecule has 3 heteroatoms. The zero-order chi connectivity index (χ0) is 4.71. The number of rotatable bonds is 0. The van der Waals surface area contributed by atoms with Crippen LogP contribution in [0.4, 0.5) is 0 Å². The molecule has 0 N–H and O–H groups in total. The third-order valence-corrected chi connectivity index (χ3v) is 0. The van der Waals surface area contributed by atoms with Gasteiger partial charge < -0.3 is 0 Å². The predicted octanol–water partition coefficient (Wildman–Crippen LogP) is 0.597. The molecule has 0 unspecified atom stereocenters. The molecule has 0 atom stereocenters. The van der Waals surface area contributed by atoms with Crippen molar-refractivity contribution in [1.29, 1.82) is 5.26 Å². The highest BCUT2D eigenvalue weighted by Gasteiger charge is 1.17. The van der Waals surface area contributed by atoms with Gasteiger partial charge in [-0.1, -0.05) is 0 Å². The van der Waals surface area contributed by atoms with Crippen molar-refractivity contribution in [1.82, 2.24) is 0 Å². The summed E-state index contributed by atoms with van der Waals surface area (Å²) in [7, 11) is 0. The van der Waals surface area contributed by atoms with Gasteiger partial charge in [0.25, 0.3) is 0 Å². The summed E-state index contributed by atoms with van der Waals surface area (Å²) in [5.41, 5.74) is 0. The van der Waals surface area contributed by atoms with Crippen molar-refractivity contribution in [2.75, 3.05) is 0 Å². The zero-order valence-electron chi connectivity index (χ0n) is 2.76. The first-order valence-electron chi connectivity index (χ1n) is 0.890. The molecule has 0 aliphatic heterocycles. The zero-order valence-corrected chi connectivity index (χ0v) is 2.76. The van der Waals surface area contributed by atoms with E-state index in [0.29, 0.717) is 0 Å². The molecule has 0 fully saturated rings. The predicted molar refractivity (Wildman–Crippen MR) is 18.0 cm³/mol. The molecule has 0 rings (SSSR count). The van der Waals surface area contributed by atoms with Crippen molar-refractivity contribution in [3.63, 3.8) is 0 Å². The first kappa shape index (κ1) is 8.94. The summed E-state index contributed by atoms with van der Waals surface area (Å²) in [5, 5.41) is 7.32. The Morgan fingerprint density at radius 1 is 1.60 bits per heavy atom. The van der Waals surface area contributed by atoms with Crippen molar-refractivity contribution in [2.24, 2.45) is 0 Å². The van der Waals surface area contributed by atoms with E-state index >= 15 is 0 Å². The highest BCUT2D eigenvalue weighted by Crippen LogP contribution is 1.21. The van der Waals surface area contributed by atoms with Crippen LogP contribution in [-0.4, -0.2) is 0 Å². The largest absolute Gasteiger partial charge is 0.199 e. The third-order valence-electron chi connectivity index (χ3n) is 0. The molecule has 0 aliphatic carbocycles. The molecule has 0 spiro atoms. The van der Waals surface area contributed by atoms with Crippen LogP contribution < -0.4 is 0 Å². The summed E-state index contributed by atoms with van der Waals surface area (Å²) in [6.45, 7) is 1.43. The summed E-state index contributed by atoms with van der Waals surface area (Å²) in [6.07, 6.45) is 0. The maximum absolute atomic E-state index is 7.32. The van der Waals surface area contributed by atoms with Crippen molar-refractivity contribution in [3.8, 4) is 6.07 Å². The number of hydrogen-bond acceptors (Lipinski definition) is 3. The van der Waals surface area contributed by atoms with Gasteiger partial charge in [0.15, 0.2) is 0 Å². The van der Waals surface area contributed by atoms with Crippen LogP contribution >= 0.6 is 0 Å². The van der Waals surface area contributed by atoms with E-state index in [1.54, 1.807) is 6.07 Å². The lowest BCUT2D eigenvalue weighted by Gasteiger charge is -1.15. The van der Waals surface area contributed by atoms with Crippen LogP contribution in [0.5, 0.6) is 0 Å². The fourth-order valence-corrected chi connectivity index (χ4v) is 0. The Balaban J connectivity index is 0. The van der Waals surface area contributed by atoms with E-state index in [9.17, 15) is 0 Å². The van der Waals surface area contributed by atoms with Crippen LogP contribution in [0, 0.1) is 21.3 Å². The van der Waals surface area contributed by atoms with Crippen molar-refractivity contribution >= 4 is 0 Å². The summed E-state index contributed by atoms with van der Waals surface area (Å²) in [6, 6.07) is 1.75. The number of hydrogen-bond donors (Lipinski definition) is 0. The van der Waals surface area contributed by atoms with Gasteiger partial charge in [-0.15, -0.1) is 0 Å². The van der Waals surface area contributed by atoms with Crippen LogP contribution in [-0.2, 0) is 0 Å². The summed E-state index contributed by atoms with van der Waals surface area (Å²) in [5.74, 6) is 0. The van der Waals surface area contributed by atoms with Crippen molar-refractivity contribution < 1.29 is 0 Å². The highest BCUT2D eigenvalue weighted by atomic mass is 16.7. The van der Waals surface area contributed by atoms with E-state index in [-0.39, 0.29) is 0 Å². The van der Waals surface area contributed by atoms with E-state index in [1.165, 1.54) is 6.92 Å². The molecule has 28 valence electrons. The average molecular weight is 73.1 g/mol. The standard InChI is InChI=1S/C2H3N.O2/c1-2-3;1-2/h1H3;. The molecule has 0 aromatic carbocycles. The van der Waals surface area contributed by atoms with Gasteiger partial charge in [-0.2, -0.15) is 5.26 Å². The molecular weight excluding hydrogens is 70.0 g/mol. The molecule has 0 radical (unpaired) electrons. The summed E-state index contributed by atoms with van der Waals surface area (Å²) < 4.78 is 0. The first-order valence-corrected chi connectivity index (χ1v) is 0.890. The van der Waals surface area contributed by atoms with Crippen LogP contribution in [0.15, 0.2) is 0 Å². The topological polar surface area (TPSA) is 57.9 Å². The quantitative estimate of drug-likeness (QED) is 0.421. The lowest BCUT2D eigenvalue weighted by Crippen LogP contribution is -1.10. The molecule has 0 aromatic heterocycles. The van der Waals surface area contributed by atoms with Gasteiger partial charge in [0.05, 0.1) is 6.07 Å². The molecule has 0 aromatic rings. The second-order valence-electron chi connectivity index (χ2n) is 0.224. The van der Waals surface area contributed by atoms with E-state index in [2.05, 4.69) is 0 Å². The van der Waals surface area contributed by atoms with Gasteiger partial charge in [-0.05, 0) is 0 Å². The molecular formula is C2H3NO2. The minimum atomic E-state index is 1.43. The molecule has 0 aliphatic rings. The van der Waals surface area contributed by atoms with Gasteiger partial charge in [0, 0.05) is 16.9 Å². The Hall–Kier alpha value is -0.910. The van der Waals surface area contributed by atoms with Gasteiger partial charge in [-0.3, -0.25) is 0 Å². The lowest BCUT2D eigenvalue weighted by atomic mass is 11.0. The highest BCUT2D eigenvalue weighted by molar-refractivity contribution is 4.51. The Kier molecular flexibility index (Phi) is 2980. The smallest absolute Gasteiger partial charge is 0.0587 e. The van der Waals surface area contributed by atoms with Gasteiger partial charge in [-0.25, -0.2) is 0 Å². The molecule has 5 heavy (non-hydrogen) atoms. The minimum absolute atomic E-state index is 1.43. The molecule has 0 saturated heterocycles.